The van der Waals surface area contributed by atoms with E-state index in [1.807, 2.05) is 79.5 Å². The lowest BCUT2D eigenvalue weighted by Gasteiger charge is -2.24. The fraction of sp³-hybridized carbons (Fsp3) is 0.250. The van der Waals surface area contributed by atoms with E-state index in [2.05, 4.69) is 16.4 Å². The van der Waals surface area contributed by atoms with Gasteiger partial charge in [-0.25, -0.2) is 4.98 Å². The molecule has 1 amide bonds. The first-order chi connectivity index (χ1) is 14.5. The fourth-order valence-corrected chi connectivity index (χ4v) is 3.78. The summed E-state index contributed by atoms with van der Waals surface area (Å²) in [6.07, 6.45) is 1.79. The number of likely N-dealkylation sites (N-methyl/N-ethyl adjacent to an activating group) is 1. The Bertz CT molecular complexity index is 965. The maximum Gasteiger partial charge on any atom is 0.241 e. The first-order valence-corrected chi connectivity index (χ1v) is 10.8. The van der Waals surface area contributed by atoms with Crippen LogP contribution in [0.5, 0.6) is 5.75 Å². The van der Waals surface area contributed by atoms with Crippen LogP contribution in [0.15, 0.2) is 78.0 Å². The van der Waals surface area contributed by atoms with Crippen LogP contribution in [-0.4, -0.2) is 36.0 Å². The van der Waals surface area contributed by atoms with Crippen molar-refractivity contribution in [2.75, 3.05) is 19.5 Å². The molecule has 0 saturated heterocycles. The van der Waals surface area contributed by atoms with E-state index in [0.717, 1.165) is 33.3 Å². The Morgan fingerprint density at radius 2 is 1.90 bits per heavy atom. The van der Waals surface area contributed by atoms with Gasteiger partial charge in [-0.05, 0) is 61.5 Å². The maximum atomic E-state index is 12.8. The standard InChI is InChI=1S/C24H27N3O2S/c1-18(27(2)16-19-8-7-11-22(15-19)29-3)24(28)26-21-10-6-9-20(14-21)17-30-23-12-4-5-13-25-23/h4-15,18H,16-17H2,1-3H3,(H,26,28)/t18-/m0/s1. The molecule has 3 rings (SSSR count). The quantitative estimate of drug-likeness (QED) is 0.501. The number of thioether (sulfide) groups is 1. The van der Waals surface area contributed by atoms with Gasteiger partial charge in [-0.1, -0.05) is 30.3 Å². The van der Waals surface area contributed by atoms with E-state index in [0.29, 0.717) is 6.54 Å². The third-order valence-electron chi connectivity index (χ3n) is 4.83. The summed E-state index contributed by atoms with van der Waals surface area (Å²) in [4.78, 5) is 19.1. The molecular weight excluding hydrogens is 394 g/mol. The number of nitrogens with one attached hydrogen (secondary N) is 1. The Morgan fingerprint density at radius 1 is 1.10 bits per heavy atom. The van der Waals surface area contributed by atoms with E-state index >= 15 is 0 Å². The van der Waals surface area contributed by atoms with Gasteiger partial charge in [-0.15, -0.1) is 11.8 Å². The smallest absolute Gasteiger partial charge is 0.241 e. The Morgan fingerprint density at radius 3 is 2.67 bits per heavy atom. The van der Waals surface area contributed by atoms with Crippen LogP contribution in [0.3, 0.4) is 0 Å². The second-order valence-corrected chi connectivity index (χ2v) is 8.08. The van der Waals surface area contributed by atoms with E-state index < -0.39 is 0 Å². The number of methoxy groups -OCH3 is 1. The van der Waals surface area contributed by atoms with Crippen molar-refractivity contribution >= 4 is 23.4 Å². The van der Waals surface area contributed by atoms with Crippen LogP contribution in [0.1, 0.15) is 18.1 Å². The van der Waals surface area contributed by atoms with Gasteiger partial charge in [0.2, 0.25) is 5.91 Å². The van der Waals surface area contributed by atoms with Crippen LogP contribution < -0.4 is 10.1 Å². The SMILES string of the molecule is COc1cccc(CN(C)[C@@H](C)C(=O)Nc2cccc(CSc3ccccn3)c2)c1. The van der Waals surface area contributed by atoms with Crippen molar-refractivity contribution in [3.8, 4) is 5.75 Å². The van der Waals surface area contributed by atoms with E-state index in [4.69, 9.17) is 4.74 Å². The van der Waals surface area contributed by atoms with Crippen molar-refractivity contribution < 1.29 is 9.53 Å². The van der Waals surface area contributed by atoms with Gasteiger partial charge >= 0.3 is 0 Å². The van der Waals surface area contributed by atoms with Gasteiger partial charge < -0.3 is 10.1 Å². The number of benzene rings is 2. The summed E-state index contributed by atoms with van der Waals surface area (Å²) in [6, 6.07) is 21.5. The second-order valence-electron chi connectivity index (χ2n) is 7.09. The zero-order valence-electron chi connectivity index (χ0n) is 17.5. The minimum Gasteiger partial charge on any atom is -0.497 e. The summed E-state index contributed by atoms with van der Waals surface area (Å²) in [5, 5.41) is 4.03. The molecule has 6 heteroatoms. The lowest BCUT2D eigenvalue weighted by Crippen LogP contribution is -2.39. The normalized spacial score (nSPS) is 11.9. The number of hydrogen-bond donors (Lipinski definition) is 1. The summed E-state index contributed by atoms with van der Waals surface area (Å²) < 4.78 is 5.28. The highest BCUT2D eigenvalue weighted by Gasteiger charge is 2.18. The van der Waals surface area contributed by atoms with E-state index in [9.17, 15) is 4.79 Å². The molecule has 30 heavy (non-hydrogen) atoms. The zero-order valence-corrected chi connectivity index (χ0v) is 18.4. The summed E-state index contributed by atoms with van der Waals surface area (Å²) in [5.41, 5.74) is 3.05. The Labute approximate surface area is 182 Å². The molecule has 0 saturated carbocycles. The number of hydrogen-bond acceptors (Lipinski definition) is 5. The van der Waals surface area contributed by atoms with Gasteiger partial charge in [0.1, 0.15) is 5.75 Å². The summed E-state index contributed by atoms with van der Waals surface area (Å²) in [7, 11) is 3.60. The van der Waals surface area contributed by atoms with Gasteiger partial charge in [0.05, 0.1) is 18.2 Å². The minimum absolute atomic E-state index is 0.0325. The Balaban J connectivity index is 1.56. The minimum atomic E-state index is -0.275. The molecule has 0 radical (unpaired) electrons. The van der Waals surface area contributed by atoms with Crippen LogP contribution in [0.2, 0.25) is 0 Å². The Hall–Kier alpha value is -2.83. The van der Waals surface area contributed by atoms with Gasteiger partial charge in [0.15, 0.2) is 0 Å². The molecule has 156 valence electrons. The Kier molecular flexibility index (Phi) is 7.88. The molecule has 1 heterocycles. The van der Waals surface area contributed by atoms with Gasteiger partial charge in [0.25, 0.3) is 0 Å². The lowest BCUT2D eigenvalue weighted by molar-refractivity contribution is -0.120. The third kappa shape index (κ3) is 6.34. The molecule has 0 aliphatic heterocycles. The van der Waals surface area contributed by atoms with Crippen molar-refractivity contribution in [1.29, 1.82) is 0 Å². The number of carbonyl (C=O) groups is 1. The van der Waals surface area contributed by atoms with Crippen molar-refractivity contribution in [3.63, 3.8) is 0 Å². The largest absolute Gasteiger partial charge is 0.497 e. The highest BCUT2D eigenvalue weighted by atomic mass is 32.2. The summed E-state index contributed by atoms with van der Waals surface area (Å²) in [5.74, 6) is 1.58. The van der Waals surface area contributed by atoms with Gasteiger partial charge in [-0.3, -0.25) is 9.69 Å². The van der Waals surface area contributed by atoms with Gasteiger partial charge in [-0.2, -0.15) is 0 Å². The molecule has 3 aromatic rings. The van der Waals surface area contributed by atoms with Crippen molar-refractivity contribution in [2.45, 2.75) is 30.3 Å². The molecule has 0 fully saturated rings. The van der Waals surface area contributed by atoms with Crippen LogP contribution in [0.4, 0.5) is 5.69 Å². The predicted octanol–water partition coefficient (Wildman–Crippen LogP) is 4.84. The molecule has 0 aliphatic rings. The summed E-state index contributed by atoms with van der Waals surface area (Å²) in [6.45, 7) is 2.57. The molecule has 0 spiro atoms. The number of aromatic nitrogens is 1. The van der Waals surface area contributed by atoms with Crippen LogP contribution in [-0.2, 0) is 17.1 Å². The van der Waals surface area contributed by atoms with Crippen molar-refractivity contribution in [3.05, 3.63) is 84.1 Å². The van der Waals surface area contributed by atoms with Crippen LogP contribution >= 0.6 is 11.8 Å². The van der Waals surface area contributed by atoms with Gasteiger partial charge in [0, 0.05) is 24.2 Å². The molecule has 0 aliphatic carbocycles. The first-order valence-electron chi connectivity index (χ1n) is 9.82. The number of amides is 1. The average Bonchev–Trinajstić information content (AvgIpc) is 2.78. The monoisotopic (exact) mass is 421 g/mol. The molecular formula is C24H27N3O2S. The molecule has 1 atom stereocenters. The second kappa shape index (κ2) is 10.8. The van der Waals surface area contributed by atoms with Crippen LogP contribution in [0, 0.1) is 0 Å². The topological polar surface area (TPSA) is 54.5 Å². The number of anilines is 1. The predicted molar refractivity (Wildman–Crippen MR) is 123 cm³/mol. The van der Waals surface area contributed by atoms with E-state index in [1.165, 1.54) is 0 Å². The molecule has 5 nitrogen and oxygen atoms in total. The van der Waals surface area contributed by atoms with E-state index in [1.54, 1.807) is 25.1 Å². The van der Waals surface area contributed by atoms with Crippen molar-refractivity contribution in [1.82, 2.24) is 9.88 Å². The van der Waals surface area contributed by atoms with E-state index in [-0.39, 0.29) is 11.9 Å². The molecule has 1 N–H and O–H groups in total. The highest BCUT2D eigenvalue weighted by molar-refractivity contribution is 7.98. The number of ether oxygens (including phenoxy) is 1. The third-order valence-corrected chi connectivity index (χ3v) is 5.84. The number of nitrogens with zero attached hydrogens (tertiary/aromatic N) is 2. The lowest BCUT2D eigenvalue weighted by atomic mass is 10.1. The maximum absolute atomic E-state index is 12.8. The molecule has 2 aromatic carbocycles. The first kappa shape index (κ1) is 21.9. The number of carbonyl (C=O) groups excluding carboxylic acids is 1. The highest BCUT2D eigenvalue weighted by Crippen LogP contribution is 2.22. The zero-order chi connectivity index (χ0) is 21.3. The average molecular weight is 422 g/mol. The van der Waals surface area contributed by atoms with Crippen LogP contribution in [0.25, 0.3) is 0 Å². The molecule has 1 aromatic heterocycles. The number of rotatable bonds is 9. The summed E-state index contributed by atoms with van der Waals surface area (Å²) >= 11 is 1.67. The molecule has 0 bridgehead atoms. The fourth-order valence-electron chi connectivity index (χ4n) is 2.97. The van der Waals surface area contributed by atoms with Crippen molar-refractivity contribution in [2.24, 2.45) is 0 Å². The molecule has 0 unspecified atom stereocenters. The number of pyridine rings is 1.